The van der Waals surface area contributed by atoms with Crippen LogP contribution in [0.3, 0.4) is 0 Å². The number of nitrogens with two attached hydrogens (primary N) is 1. The Morgan fingerprint density at radius 1 is 0.741 bits per heavy atom. The Labute approximate surface area is 329 Å². The van der Waals surface area contributed by atoms with Crippen molar-refractivity contribution in [1.29, 1.82) is 0 Å². The van der Waals surface area contributed by atoms with Crippen LogP contribution in [0.1, 0.15) is 75.6 Å². The topological polar surface area (TPSA) is 170 Å². The molecule has 0 bridgehead atoms. The van der Waals surface area contributed by atoms with E-state index in [2.05, 4.69) is 24.3 Å². The molecule has 4 rings (SSSR count). The number of carbonyl (C=O) groups is 2. The first-order valence-corrected chi connectivity index (χ1v) is 16.6. The molecule has 0 aliphatic heterocycles. The SMILES string of the molecule is CC(O)(CC(=O)N[C@@H](COC(F)F)c1cccc(OC(F)(F)F)c1)C1(F)CC1.CC(O)(CC(=O)O)C1(F)CC1.Cl.N[C@@H](COC(F)F)c1cccc(OC(F)(F)F)c1. The largest absolute Gasteiger partial charge is 0.573 e. The van der Waals surface area contributed by atoms with Gasteiger partial charge in [-0.15, -0.1) is 38.7 Å². The van der Waals surface area contributed by atoms with Crippen molar-refractivity contribution >= 4 is 24.3 Å². The Morgan fingerprint density at radius 2 is 1.14 bits per heavy atom. The molecule has 2 aliphatic rings. The van der Waals surface area contributed by atoms with Gasteiger partial charge in [-0.05, 0) is 74.9 Å². The van der Waals surface area contributed by atoms with E-state index in [0.717, 1.165) is 31.2 Å². The summed E-state index contributed by atoms with van der Waals surface area (Å²) in [5.41, 5.74) is -1.53. The molecule has 11 nitrogen and oxygen atoms in total. The van der Waals surface area contributed by atoms with Gasteiger partial charge in [0.15, 0.2) is 0 Å². The second-order valence-electron chi connectivity index (χ2n) is 13.4. The summed E-state index contributed by atoms with van der Waals surface area (Å²) in [5.74, 6) is -3.13. The first-order valence-electron chi connectivity index (χ1n) is 16.6. The molecule has 0 radical (unpaired) electrons. The van der Waals surface area contributed by atoms with Crippen LogP contribution in [-0.4, -0.2) is 88.9 Å². The fourth-order valence-corrected chi connectivity index (χ4v) is 5.00. The van der Waals surface area contributed by atoms with Crippen LogP contribution < -0.4 is 20.5 Å². The van der Waals surface area contributed by atoms with E-state index >= 15 is 0 Å². The van der Waals surface area contributed by atoms with Crippen LogP contribution in [-0.2, 0) is 19.1 Å². The normalized spacial score (nSPS) is 18.3. The van der Waals surface area contributed by atoms with Crippen LogP contribution in [0.4, 0.5) is 52.7 Å². The number of nitrogens with one attached hydrogen (secondary N) is 1. The zero-order chi connectivity index (χ0) is 43.6. The number of aliphatic hydroxyl groups is 2. The molecule has 58 heavy (non-hydrogen) atoms. The van der Waals surface area contributed by atoms with E-state index in [-0.39, 0.29) is 49.2 Å². The van der Waals surface area contributed by atoms with Crippen molar-refractivity contribution in [2.45, 2.75) is 113 Å². The van der Waals surface area contributed by atoms with Gasteiger partial charge in [0, 0.05) is 0 Å². The fourth-order valence-electron chi connectivity index (χ4n) is 5.00. The molecule has 2 aromatic rings. The smallest absolute Gasteiger partial charge is 0.481 e. The summed E-state index contributed by atoms with van der Waals surface area (Å²) in [5, 5.41) is 30.0. The maximum Gasteiger partial charge on any atom is 0.573 e. The number of ether oxygens (including phenoxy) is 4. The van der Waals surface area contributed by atoms with Gasteiger partial charge in [-0.25, -0.2) is 8.78 Å². The highest BCUT2D eigenvalue weighted by Gasteiger charge is 2.59. The molecule has 332 valence electrons. The van der Waals surface area contributed by atoms with E-state index in [1.807, 2.05) is 0 Å². The average Bonchev–Trinajstić information content (AvgIpc) is 3.98. The third-order valence-corrected chi connectivity index (χ3v) is 8.45. The summed E-state index contributed by atoms with van der Waals surface area (Å²) in [6.45, 7) is -5.06. The van der Waals surface area contributed by atoms with Crippen LogP contribution in [0.2, 0.25) is 0 Å². The van der Waals surface area contributed by atoms with Gasteiger partial charge >= 0.3 is 31.9 Å². The Bertz CT molecular complexity index is 1610. The van der Waals surface area contributed by atoms with Crippen molar-refractivity contribution in [1.82, 2.24) is 5.32 Å². The minimum Gasteiger partial charge on any atom is -0.481 e. The first kappa shape index (κ1) is 52.2. The monoisotopic (exact) mass is 884 g/mol. The van der Waals surface area contributed by atoms with Crippen LogP contribution in [0.25, 0.3) is 0 Å². The summed E-state index contributed by atoms with van der Waals surface area (Å²) in [7, 11) is 0. The summed E-state index contributed by atoms with van der Waals surface area (Å²) in [6, 6.07) is 6.89. The van der Waals surface area contributed by atoms with E-state index in [1.54, 1.807) is 0 Å². The first-order chi connectivity index (χ1) is 26.0. The Kier molecular flexibility index (Phi) is 18.9. The summed E-state index contributed by atoms with van der Waals surface area (Å²) < 4.78 is 164. The van der Waals surface area contributed by atoms with Crippen molar-refractivity contribution < 1.29 is 96.5 Å². The number of carboxylic acid groups (broad SMARTS) is 1. The van der Waals surface area contributed by atoms with Crippen molar-refractivity contribution in [3.63, 3.8) is 0 Å². The standard InChI is InChI=1S/C17H19F6NO4.C10H10F5NO2.C7H11FO3.ClH/c1-15(26,16(20)5-6-16)8-13(25)24-12(9-27-14(18)19)10-3-2-4-11(7-10)28-17(21,22)23;11-9(12)17-5-8(16)6-2-1-3-7(4-6)18-10(13,14)15;1-6(11,4-5(9)10)7(8)2-3-7;/h2-4,7,12,14,26H,5-6,8-9H2,1H3,(H,24,25);1-4,8-9H,5,16H2;11H,2-4H2,1H3,(H,9,10);1H/t12-,15?;8-;;/m00../s1. The molecule has 0 spiro atoms. The summed E-state index contributed by atoms with van der Waals surface area (Å²) >= 11 is 0. The molecule has 2 aromatic carbocycles. The average molecular weight is 885 g/mol. The van der Waals surface area contributed by atoms with Crippen LogP contribution in [0.15, 0.2) is 48.5 Å². The molecule has 6 N–H and O–H groups in total. The van der Waals surface area contributed by atoms with E-state index in [1.165, 1.54) is 31.2 Å². The molecule has 2 aliphatic carbocycles. The second-order valence-corrected chi connectivity index (χ2v) is 13.4. The molecule has 2 saturated carbocycles. The lowest BCUT2D eigenvalue weighted by Gasteiger charge is -2.28. The number of alkyl halides is 12. The molecule has 0 heterocycles. The second kappa shape index (κ2) is 21.0. The molecule has 0 saturated heterocycles. The highest BCUT2D eigenvalue weighted by Crippen LogP contribution is 2.50. The minimum absolute atomic E-state index is 0. The molecule has 0 aromatic heterocycles. The van der Waals surface area contributed by atoms with E-state index < -0.39 is 110 Å². The van der Waals surface area contributed by atoms with E-state index in [0.29, 0.717) is 0 Å². The highest BCUT2D eigenvalue weighted by molar-refractivity contribution is 5.85. The maximum atomic E-state index is 14.1. The molecule has 1 amide bonds. The molecule has 24 heteroatoms. The van der Waals surface area contributed by atoms with Gasteiger partial charge in [0.25, 0.3) is 0 Å². The zero-order valence-electron chi connectivity index (χ0n) is 30.4. The van der Waals surface area contributed by atoms with E-state index in [9.17, 15) is 72.5 Å². The predicted molar refractivity (Wildman–Crippen MR) is 179 cm³/mol. The molecular formula is C34H41ClF12N2O9. The Balaban J connectivity index is 0.000000479. The number of hydrogen-bond donors (Lipinski definition) is 5. The number of carboxylic acids is 1. The third kappa shape index (κ3) is 18.4. The lowest BCUT2D eigenvalue weighted by molar-refractivity contribution is -0.275. The molecular weight excluding hydrogens is 844 g/mol. The van der Waals surface area contributed by atoms with Gasteiger partial charge in [0.1, 0.15) is 34.0 Å². The van der Waals surface area contributed by atoms with Crippen LogP contribution in [0.5, 0.6) is 11.5 Å². The lowest BCUT2D eigenvalue weighted by Crippen LogP contribution is -2.44. The quantitative estimate of drug-likeness (QED) is 0.0999. The summed E-state index contributed by atoms with van der Waals surface area (Å²) in [4.78, 5) is 22.3. The van der Waals surface area contributed by atoms with Crippen molar-refractivity contribution in [2.75, 3.05) is 13.2 Å². The third-order valence-electron chi connectivity index (χ3n) is 8.45. The van der Waals surface area contributed by atoms with E-state index in [4.69, 9.17) is 10.8 Å². The fraction of sp³-hybridized carbons (Fsp3) is 0.588. The number of rotatable bonds is 17. The lowest BCUT2D eigenvalue weighted by atomic mass is 9.93. The number of aliphatic carboxylic acids is 1. The minimum atomic E-state index is -4.96. The van der Waals surface area contributed by atoms with Gasteiger partial charge in [-0.3, -0.25) is 9.59 Å². The van der Waals surface area contributed by atoms with Gasteiger partial charge in [0.05, 0.1) is 38.1 Å². The predicted octanol–water partition coefficient (Wildman–Crippen LogP) is 7.59. The van der Waals surface area contributed by atoms with Gasteiger partial charge in [-0.2, -0.15) is 17.6 Å². The number of carbonyl (C=O) groups excluding carboxylic acids is 1. The summed E-state index contributed by atoms with van der Waals surface area (Å²) in [6.07, 6.45) is -10.3. The molecule has 2 fully saturated rings. The van der Waals surface area contributed by atoms with Crippen LogP contribution >= 0.6 is 12.4 Å². The zero-order valence-corrected chi connectivity index (χ0v) is 31.2. The van der Waals surface area contributed by atoms with Crippen LogP contribution in [0, 0.1) is 0 Å². The van der Waals surface area contributed by atoms with Crippen molar-refractivity contribution in [2.24, 2.45) is 5.73 Å². The number of halogens is 13. The van der Waals surface area contributed by atoms with Gasteiger partial charge in [-0.1, -0.05) is 24.3 Å². The number of benzene rings is 2. The number of hydrogen-bond acceptors (Lipinski definition) is 9. The van der Waals surface area contributed by atoms with Crippen molar-refractivity contribution in [3.05, 3.63) is 59.7 Å². The molecule has 2 unspecified atom stereocenters. The van der Waals surface area contributed by atoms with Gasteiger partial charge in [0.2, 0.25) is 5.91 Å². The maximum absolute atomic E-state index is 14.1. The molecule has 4 atom stereocenters. The number of amides is 1. The Hall–Kier alpha value is -3.77. The van der Waals surface area contributed by atoms with Gasteiger partial charge < -0.3 is 45.3 Å². The van der Waals surface area contributed by atoms with Crippen molar-refractivity contribution in [3.8, 4) is 11.5 Å². The highest BCUT2D eigenvalue weighted by atomic mass is 35.5. The Morgan fingerprint density at radius 3 is 1.53 bits per heavy atom.